The van der Waals surface area contributed by atoms with Gasteiger partial charge in [-0.1, -0.05) is 34.6 Å². The lowest BCUT2D eigenvalue weighted by atomic mass is 9.93. The number of allylic oxidation sites excluding steroid dienone is 1. The molecule has 0 bridgehead atoms. The minimum atomic E-state index is -0.670. The van der Waals surface area contributed by atoms with Crippen molar-refractivity contribution in [2.24, 2.45) is 16.1 Å². The Morgan fingerprint density at radius 2 is 1.76 bits per heavy atom. The summed E-state index contributed by atoms with van der Waals surface area (Å²) in [5, 5.41) is 15.3. The minimum Gasteiger partial charge on any atom is -0.512 e. The van der Waals surface area contributed by atoms with E-state index in [1.165, 1.54) is 6.08 Å². The van der Waals surface area contributed by atoms with Crippen molar-refractivity contribution < 1.29 is 14.7 Å². The number of anilines is 1. The summed E-state index contributed by atoms with van der Waals surface area (Å²) >= 11 is 0. The maximum absolute atomic E-state index is 12.2. The fourth-order valence-electron chi connectivity index (χ4n) is 2.33. The van der Waals surface area contributed by atoms with E-state index in [0.29, 0.717) is 17.8 Å². The number of aliphatic imine (C=N–C) groups is 1. The van der Waals surface area contributed by atoms with Crippen LogP contribution in [0.1, 0.15) is 45.0 Å². The number of aliphatic hydroxyl groups is 1. The predicted octanol–water partition coefficient (Wildman–Crippen LogP) is 3.14. The van der Waals surface area contributed by atoms with Gasteiger partial charge in [-0.25, -0.2) is 4.79 Å². The Labute approximate surface area is 172 Å². The first-order valence-electron chi connectivity index (χ1n) is 9.73. The van der Waals surface area contributed by atoms with Gasteiger partial charge in [0.25, 0.3) is 5.91 Å². The molecule has 160 valence electrons. The fourth-order valence-corrected chi connectivity index (χ4v) is 2.33. The van der Waals surface area contributed by atoms with Gasteiger partial charge in [-0.2, -0.15) is 4.99 Å². The number of likely N-dealkylation sites (N-methyl/N-ethyl adjacent to an activating group) is 1. The molecule has 0 aliphatic rings. The van der Waals surface area contributed by atoms with E-state index in [9.17, 15) is 14.7 Å². The van der Waals surface area contributed by atoms with Crippen LogP contribution in [-0.2, 0) is 0 Å². The summed E-state index contributed by atoms with van der Waals surface area (Å²) in [6.45, 7) is 12.9. The smallest absolute Gasteiger partial charge is 0.347 e. The molecule has 0 radical (unpaired) electrons. The highest BCUT2D eigenvalue weighted by Crippen LogP contribution is 2.22. The largest absolute Gasteiger partial charge is 0.512 e. The van der Waals surface area contributed by atoms with Crippen LogP contribution >= 0.6 is 0 Å². The van der Waals surface area contributed by atoms with Crippen LogP contribution < -0.4 is 16.4 Å². The number of nitrogens with zero attached hydrogens (tertiary/aromatic N) is 2. The molecule has 0 aromatic heterocycles. The molecule has 0 saturated carbocycles. The number of rotatable bonds is 8. The predicted molar refractivity (Wildman–Crippen MR) is 117 cm³/mol. The lowest BCUT2D eigenvalue weighted by Gasteiger charge is -2.17. The second-order valence-electron chi connectivity index (χ2n) is 7.61. The van der Waals surface area contributed by atoms with Crippen LogP contribution in [0, 0.1) is 5.41 Å². The van der Waals surface area contributed by atoms with Crippen LogP contribution in [-0.4, -0.2) is 54.0 Å². The van der Waals surface area contributed by atoms with Crippen molar-refractivity contribution in [1.29, 1.82) is 0 Å². The molecule has 0 aliphatic carbocycles. The summed E-state index contributed by atoms with van der Waals surface area (Å²) < 4.78 is 0. The lowest BCUT2D eigenvalue weighted by molar-refractivity contribution is 0.0949. The van der Waals surface area contributed by atoms with Crippen LogP contribution in [0.4, 0.5) is 10.5 Å². The number of urea groups is 1. The maximum Gasteiger partial charge on any atom is 0.347 e. The van der Waals surface area contributed by atoms with E-state index >= 15 is 0 Å². The van der Waals surface area contributed by atoms with Crippen molar-refractivity contribution in [3.8, 4) is 0 Å². The molecule has 29 heavy (non-hydrogen) atoms. The zero-order valence-corrected chi connectivity index (χ0v) is 18.0. The van der Waals surface area contributed by atoms with Crippen molar-refractivity contribution in [1.82, 2.24) is 10.2 Å². The number of amidine groups is 1. The third-order valence-electron chi connectivity index (χ3n) is 4.29. The van der Waals surface area contributed by atoms with Crippen molar-refractivity contribution in [2.45, 2.75) is 34.6 Å². The number of hydrogen-bond donors (Lipinski definition) is 4. The Kier molecular flexibility index (Phi) is 9.34. The zero-order valence-electron chi connectivity index (χ0n) is 18.0. The van der Waals surface area contributed by atoms with Gasteiger partial charge in [0, 0.05) is 35.8 Å². The molecule has 0 aliphatic heterocycles. The molecule has 0 spiro atoms. The van der Waals surface area contributed by atoms with E-state index in [2.05, 4.69) is 34.4 Å². The molecule has 5 N–H and O–H groups in total. The Morgan fingerprint density at radius 3 is 2.28 bits per heavy atom. The molecule has 0 saturated heterocycles. The summed E-state index contributed by atoms with van der Waals surface area (Å²) in [6.07, 6.45) is 1.26. The van der Waals surface area contributed by atoms with Crippen molar-refractivity contribution in [3.05, 3.63) is 41.7 Å². The van der Waals surface area contributed by atoms with E-state index in [1.54, 1.807) is 24.3 Å². The van der Waals surface area contributed by atoms with E-state index in [1.807, 2.05) is 20.8 Å². The topological polar surface area (TPSA) is 120 Å². The van der Waals surface area contributed by atoms with Crippen LogP contribution in [0.25, 0.3) is 0 Å². The Morgan fingerprint density at radius 1 is 1.17 bits per heavy atom. The van der Waals surface area contributed by atoms with Crippen molar-refractivity contribution in [3.63, 3.8) is 0 Å². The second-order valence-corrected chi connectivity index (χ2v) is 7.61. The quantitative estimate of drug-likeness (QED) is 0.302. The first-order chi connectivity index (χ1) is 13.6. The summed E-state index contributed by atoms with van der Waals surface area (Å²) in [5.41, 5.74) is 6.17. The summed E-state index contributed by atoms with van der Waals surface area (Å²) in [6, 6.07) is 5.81. The number of amides is 3. The van der Waals surface area contributed by atoms with Crippen LogP contribution in [0.2, 0.25) is 0 Å². The highest BCUT2D eigenvalue weighted by atomic mass is 16.3. The zero-order chi connectivity index (χ0) is 22.0. The number of nitrogens with two attached hydrogens (primary N) is 1. The Hall–Kier alpha value is -2.87. The molecule has 8 heteroatoms. The monoisotopic (exact) mass is 403 g/mol. The van der Waals surface area contributed by atoms with E-state index in [0.717, 1.165) is 19.6 Å². The fraction of sp³-hybridized carbons (Fsp3) is 0.476. The second kappa shape index (κ2) is 11.2. The molecule has 8 nitrogen and oxygen atoms in total. The van der Waals surface area contributed by atoms with Crippen LogP contribution in [0.3, 0.4) is 0 Å². The molecular formula is C21H33N5O3. The van der Waals surface area contributed by atoms with E-state index in [-0.39, 0.29) is 17.5 Å². The molecule has 0 heterocycles. The highest BCUT2D eigenvalue weighted by Gasteiger charge is 2.16. The van der Waals surface area contributed by atoms with Gasteiger partial charge in [0.05, 0.1) is 0 Å². The number of carbonyl (C=O) groups is 2. The van der Waals surface area contributed by atoms with Crippen LogP contribution in [0.15, 0.2) is 41.1 Å². The molecule has 1 rings (SSSR count). The number of nitrogens with one attached hydrogen (secondary N) is 2. The Bertz CT molecular complexity index is 745. The standard InChI is InChI=1S/C21H33N5O3/c1-6-26(7-2)13-12-23-19(28)15-8-10-16(11-9-15)24-20(29)25-18(22)14-17(27)21(3,4)5/h8-11,14,27H,6-7,12-13H2,1-5H3,(H,23,28)(H3,22,24,25,29)/b17-14-. The van der Waals surface area contributed by atoms with Gasteiger partial charge in [0.2, 0.25) is 0 Å². The van der Waals surface area contributed by atoms with E-state index < -0.39 is 11.4 Å². The number of hydrogen-bond acceptors (Lipinski definition) is 4. The molecule has 0 fully saturated rings. The maximum atomic E-state index is 12.2. The molecule has 0 unspecified atom stereocenters. The van der Waals surface area contributed by atoms with Gasteiger partial charge in [0.1, 0.15) is 11.6 Å². The molecule has 0 atom stereocenters. The highest BCUT2D eigenvalue weighted by molar-refractivity contribution is 6.04. The van der Waals surface area contributed by atoms with Crippen molar-refractivity contribution in [2.75, 3.05) is 31.5 Å². The van der Waals surface area contributed by atoms with Gasteiger partial charge in [-0.15, -0.1) is 0 Å². The average molecular weight is 404 g/mol. The number of carbonyl (C=O) groups excluding carboxylic acids is 2. The molecular weight excluding hydrogens is 370 g/mol. The van der Waals surface area contributed by atoms with E-state index in [4.69, 9.17) is 5.73 Å². The minimum absolute atomic E-state index is 0.0305. The SMILES string of the molecule is CCN(CC)CCNC(=O)c1ccc(NC(=O)/N=C(N)\C=C(/O)C(C)(C)C)cc1. The summed E-state index contributed by atoms with van der Waals surface area (Å²) in [4.78, 5) is 30.0. The normalized spacial score (nSPS) is 12.8. The first kappa shape index (κ1) is 24.2. The number of benzene rings is 1. The molecule has 1 aromatic carbocycles. The third kappa shape index (κ3) is 8.78. The van der Waals surface area contributed by atoms with Gasteiger partial charge in [-0.05, 0) is 37.4 Å². The van der Waals surface area contributed by atoms with Gasteiger partial charge < -0.3 is 26.4 Å². The summed E-state index contributed by atoms with van der Waals surface area (Å²) in [5.74, 6) is -0.234. The Balaban J connectivity index is 2.62. The van der Waals surface area contributed by atoms with Gasteiger partial charge in [-0.3, -0.25) is 4.79 Å². The van der Waals surface area contributed by atoms with Gasteiger partial charge >= 0.3 is 6.03 Å². The van der Waals surface area contributed by atoms with Gasteiger partial charge in [0.15, 0.2) is 0 Å². The molecule has 1 aromatic rings. The summed E-state index contributed by atoms with van der Waals surface area (Å²) in [7, 11) is 0. The molecule has 3 amide bonds. The van der Waals surface area contributed by atoms with Crippen molar-refractivity contribution >= 4 is 23.5 Å². The first-order valence-corrected chi connectivity index (χ1v) is 9.73. The third-order valence-corrected chi connectivity index (χ3v) is 4.29. The number of aliphatic hydroxyl groups excluding tert-OH is 1. The lowest BCUT2D eigenvalue weighted by Crippen LogP contribution is -2.34. The van der Waals surface area contributed by atoms with Crippen LogP contribution in [0.5, 0.6) is 0 Å². The average Bonchev–Trinajstić information content (AvgIpc) is 2.64.